The number of aliphatic hydroxyl groups is 2. The molecule has 0 spiro atoms. The number of hydrogen-bond acceptors (Lipinski definition) is 4. The topological polar surface area (TPSA) is 66.8 Å². The molecule has 0 heterocycles. The van der Waals surface area contributed by atoms with Crippen molar-refractivity contribution in [3.8, 4) is 0 Å². The first-order valence-corrected chi connectivity index (χ1v) is 4.60. The molecule has 2 N–H and O–H groups in total. The molecule has 2 atom stereocenters. The van der Waals surface area contributed by atoms with E-state index in [9.17, 15) is 15.0 Å². The summed E-state index contributed by atoms with van der Waals surface area (Å²) >= 11 is 0. The first kappa shape index (κ1) is 12.4. The van der Waals surface area contributed by atoms with E-state index in [1.165, 1.54) is 0 Å². The minimum Gasteiger partial charge on any atom is -0.464 e. The number of aliphatic hydroxyl groups excluding tert-OH is 1. The fourth-order valence-corrected chi connectivity index (χ4v) is 1.11. The van der Waals surface area contributed by atoms with Gasteiger partial charge in [-0.2, -0.15) is 0 Å². The van der Waals surface area contributed by atoms with E-state index in [0.717, 1.165) is 0 Å². The van der Waals surface area contributed by atoms with Gasteiger partial charge in [0.1, 0.15) is 0 Å². The standard InChI is InChI=1S/C9H18O4/c1-4-7(10)9(12,5-2)8(11)13-6-3/h7,10,12H,4-6H2,1-3H3. The predicted molar refractivity (Wildman–Crippen MR) is 48.2 cm³/mol. The third-order valence-corrected chi connectivity index (χ3v) is 2.11. The smallest absolute Gasteiger partial charge is 0.340 e. The summed E-state index contributed by atoms with van der Waals surface area (Å²) < 4.78 is 4.67. The Kier molecular flexibility index (Phi) is 4.95. The van der Waals surface area contributed by atoms with Crippen LogP contribution in [-0.2, 0) is 9.53 Å². The third-order valence-electron chi connectivity index (χ3n) is 2.11. The normalized spacial score (nSPS) is 17.6. The van der Waals surface area contributed by atoms with Gasteiger partial charge in [-0.25, -0.2) is 4.79 Å². The van der Waals surface area contributed by atoms with Crippen LogP contribution < -0.4 is 0 Å². The zero-order chi connectivity index (χ0) is 10.5. The largest absolute Gasteiger partial charge is 0.464 e. The van der Waals surface area contributed by atoms with E-state index in [4.69, 9.17) is 0 Å². The van der Waals surface area contributed by atoms with Gasteiger partial charge >= 0.3 is 5.97 Å². The van der Waals surface area contributed by atoms with E-state index in [1.807, 2.05) is 0 Å². The lowest BCUT2D eigenvalue weighted by Crippen LogP contribution is -2.49. The SMILES string of the molecule is CCOC(=O)C(O)(CC)C(O)CC. The Bertz CT molecular complexity index is 169. The van der Waals surface area contributed by atoms with Crippen molar-refractivity contribution in [1.29, 1.82) is 0 Å². The highest BCUT2D eigenvalue weighted by Gasteiger charge is 2.42. The lowest BCUT2D eigenvalue weighted by atomic mass is 9.92. The van der Waals surface area contributed by atoms with Crippen molar-refractivity contribution in [1.82, 2.24) is 0 Å². The second-order valence-electron chi connectivity index (χ2n) is 2.92. The Morgan fingerprint density at radius 3 is 2.31 bits per heavy atom. The molecule has 0 fully saturated rings. The van der Waals surface area contributed by atoms with E-state index >= 15 is 0 Å². The van der Waals surface area contributed by atoms with Crippen LogP contribution in [0.2, 0.25) is 0 Å². The molecule has 0 aliphatic rings. The minimum atomic E-state index is -1.75. The van der Waals surface area contributed by atoms with Gasteiger partial charge in [-0.15, -0.1) is 0 Å². The Morgan fingerprint density at radius 1 is 1.46 bits per heavy atom. The van der Waals surface area contributed by atoms with Gasteiger partial charge in [0, 0.05) is 0 Å². The summed E-state index contributed by atoms with van der Waals surface area (Å²) in [6.07, 6.45) is -0.583. The summed E-state index contributed by atoms with van der Waals surface area (Å²) in [4.78, 5) is 11.3. The molecule has 0 aromatic heterocycles. The molecule has 0 bridgehead atoms. The monoisotopic (exact) mass is 190 g/mol. The van der Waals surface area contributed by atoms with Crippen LogP contribution in [0.4, 0.5) is 0 Å². The van der Waals surface area contributed by atoms with Crippen LogP contribution in [0.25, 0.3) is 0 Å². The number of ether oxygens (including phenoxy) is 1. The zero-order valence-electron chi connectivity index (χ0n) is 8.41. The second-order valence-corrected chi connectivity index (χ2v) is 2.92. The van der Waals surface area contributed by atoms with Crippen molar-refractivity contribution in [2.45, 2.75) is 45.3 Å². The van der Waals surface area contributed by atoms with Gasteiger partial charge in [0.15, 0.2) is 5.60 Å². The Hall–Kier alpha value is -0.610. The lowest BCUT2D eigenvalue weighted by molar-refractivity contribution is -0.178. The molecule has 0 aromatic rings. The van der Waals surface area contributed by atoms with E-state index in [2.05, 4.69) is 4.74 Å². The molecular weight excluding hydrogens is 172 g/mol. The quantitative estimate of drug-likeness (QED) is 0.618. The first-order valence-electron chi connectivity index (χ1n) is 4.60. The summed E-state index contributed by atoms with van der Waals surface area (Å²) in [6.45, 7) is 5.20. The van der Waals surface area contributed by atoms with Crippen LogP contribution in [0.1, 0.15) is 33.6 Å². The summed E-state index contributed by atoms with van der Waals surface area (Å²) in [5, 5.41) is 19.2. The molecule has 0 radical (unpaired) electrons. The van der Waals surface area contributed by atoms with Crippen LogP contribution in [0.5, 0.6) is 0 Å². The molecule has 0 rings (SSSR count). The summed E-state index contributed by atoms with van der Waals surface area (Å²) in [6, 6.07) is 0. The summed E-state index contributed by atoms with van der Waals surface area (Å²) in [5.74, 6) is -0.744. The average Bonchev–Trinajstić information content (AvgIpc) is 2.15. The lowest BCUT2D eigenvalue weighted by Gasteiger charge is -2.28. The van der Waals surface area contributed by atoms with Gasteiger partial charge in [-0.3, -0.25) is 0 Å². The van der Waals surface area contributed by atoms with Crippen molar-refractivity contribution < 1.29 is 19.7 Å². The Balaban J connectivity index is 4.51. The minimum absolute atomic E-state index is 0.154. The number of esters is 1. The van der Waals surface area contributed by atoms with E-state index in [1.54, 1.807) is 20.8 Å². The molecular formula is C9H18O4. The molecule has 4 heteroatoms. The number of hydrogen-bond donors (Lipinski definition) is 2. The van der Waals surface area contributed by atoms with E-state index in [-0.39, 0.29) is 13.0 Å². The molecule has 4 nitrogen and oxygen atoms in total. The molecule has 13 heavy (non-hydrogen) atoms. The number of rotatable bonds is 5. The molecule has 0 aromatic carbocycles. The Labute approximate surface area is 78.5 Å². The van der Waals surface area contributed by atoms with Gasteiger partial charge in [0.05, 0.1) is 12.7 Å². The molecule has 0 aliphatic heterocycles. The van der Waals surface area contributed by atoms with Crippen molar-refractivity contribution >= 4 is 5.97 Å². The van der Waals surface area contributed by atoms with Gasteiger partial charge in [-0.05, 0) is 19.8 Å². The van der Waals surface area contributed by atoms with Gasteiger partial charge in [-0.1, -0.05) is 13.8 Å². The molecule has 0 saturated carbocycles. The van der Waals surface area contributed by atoms with Crippen LogP contribution in [-0.4, -0.2) is 34.5 Å². The maximum atomic E-state index is 11.3. The van der Waals surface area contributed by atoms with Crippen LogP contribution >= 0.6 is 0 Å². The average molecular weight is 190 g/mol. The zero-order valence-corrected chi connectivity index (χ0v) is 8.41. The molecule has 0 aliphatic carbocycles. The highest BCUT2D eigenvalue weighted by molar-refractivity contribution is 5.80. The molecule has 0 amide bonds. The van der Waals surface area contributed by atoms with Gasteiger partial charge in [0.2, 0.25) is 0 Å². The third kappa shape index (κ3) is 2.67. The fourth-order valence-electron chi connectivity index (χ4n) is 1.11. The highest BCUT2D eigenvalue weighted by Crippen LogP contribution is 2.19. The maximum absolute atomic E-state index is 11.3. The van der Waals surface area contributed by atoms with Crippen molar-refractivity contribution in [2.24, 2.45) is 0 Å². The number of carbonyl (C=O) groups excluding carboxylic acids is 1. The van der Waals surface area contributed by atoms with Gasteiger partial charge in [0.25, 0.3) is 0 Å². The summed E-state index contributed by atoms with van der Waals surface area (Å²) in [7, 11) is 0. The van der Waals surface area contributed by atoms with Crippen molar-refractivity contribution in [3.63, 3.8) is 0 Å². The maximum Gasteiger partial charge on any atom is 0.340 e. The van der Waals surface area contributed by atoms with Crippen LogP contribution in [0.15, 0.2) is 0 Å². The second kappa shape index (κ2) is 5.19. The van der Waals surface area contributed by atoms with Gasteiger partial charge < -0.3 is 14.9 Å². The Morgan fingerprint density at radius 2 is 2.00 bits per heavy atom. The van der Waals surface area contributed by atoms with E-state index in [0.29, 0.717) is 6.42 Å². The predicted octanol–water partition coefficient (Wildman–Crippen LogP) is 0.461. The van der Waals surface area contributed by atoms with E-state index < -0.39 is 17.7 Å². The molecule has 2 unspecified atom stereocenters. The first-order chi connectivity index (χ1) is 6.02. The van der Waals surface area contributed by atoms with Crippen LogP contribution in [0, 0.1) is 0 Å². The highest BCUT2D eigenvalue weighted by atomic mass is 16.6. The number of carbonyl (C=O) groups is 1. The fraction of sp³-hybridized carbons (Fsp3) is 0.889. The van der Waals surface area contributed by atoms with Crippen LogP contribution in [0.3, 0.4) is 0 Å². The van der Waals surface area contributed by atoms with Crippen molar-refractivity contribution in [2.75, 3.05) is 6.61 Å². The molecule has 78 valence electrons. The van der Waals surface area contributed by atoms with Crippen molar-refractivity contribution in [3.05, 3.63) is 0 Å². The summed E-state index contributed by atoms with van der Waals surface area (Å²) in [5.41, 5.74) is -1.75. The molecule has 0 saturated heterocycles.